The summed E-state index contributed by atoms with van der Waals surface area (Å²) in [6.07, 6.45) is 3.76. The fourth-order valence-electron chi connectivity index (χ4n) is 4.23. The second-order valence-electron chi connectivity index (χ2n) is 7.63. The maximum absolute atomic E-state index is 10.7. The van der Waals surface area contributed by atoms with E-state index in [1.54, 1.807) is 31.5 Å². The molecule has 1 aliphatic heterocycles. The molecule has 0 unspecified atom stereocenters. The van der Waals surface area contributed by atoms with Gasteiger partial charge in [-0.3, -0.25) is 4.98 Å². The third kappa shape index (κ3) is 3.90. The van der Waals surface area contributed by atoms with Crippen molar-refractivity contribution in [1.29, 1.82) is 0 Å². The summed E-state index contributed by atoms with van der Waals surface area (Å²) in [7, 11) is 1.65. The molecule has 4 aromatic rings. The number of aromatic hydroxyl groups is 1. The SMILES string of the molecule is COc1cccc(-n2cccc2[C@H]2[C@H](c3ccccn3)NC(=S)N2c2cc(Cl)ccc2O)c1. The predicted octanol–water partition coefficient (Wildman–Crippen LogP) is 5.42. The number of pyridine rings is 1. The van der Waals surface area contributed by atoms with Crippen LogP contribution in [-0.2, 0) is 0 Å². The number of hydrogen-bond donors (Lipinski definition) is 2. The Hall–Kier alpha value is -3.55. The van der Waals surface area contributed by atoms with Gasteiger partial charge in [0.15, 0.2) is 5.11 Å². The summed E-state index contributed by atoms with van der Waals surface area (Å²) >= 11 is 12.1. The van der Waals surface area contributed by atoms with Gasteiger partial charge in [-0.2, -0.15) is 0 Å². The number of rotatable bonds is 5. The summed E-state index contributed by atoms with van der Waals surface area (Å²) in [5, 5.41) is 15.1. The van der Waals surface area contributed by atoms with Crippen LogP contribution in [0.4, 0.5) is 5.69 Å². The van der Waals surface area contributed by atoms with Gasteiger partial charge < -0.3 is 24.6 Å². The number of phenolic OH excluding ortho intramolecular Hbond substituents is 1. The molecule has 0 saturated carbocycles. The molecule has 2 aromatic heterocycles. The summed E-state index contributed by atoms with van der Waals surface area (Å²) < 4.78 is 7.52. The molecule has 0 bridgehead atoms. The minimum absolute atomic E-state index is 0.0923. The van der Waals surface area contributed by atoms with Gasteiger partial charge in [0.25, 0.3) is 0 Å². The fourth-order valence-corrected chi connectivity index (χ4v) is 4.74. The van der Waals surface area contributed by atoms with Crippen LogP contribution >= 0.6 is 23.8 Å². The highest BCUT2D eigenvalue weighted by Gasteiger charge is 2.43. The zero-order valence-corrected chi connectivity index (χ0v) is 19.3. The van der Waals surface area contributed by atoms with Gasteiger partial charge in [-0.1, -0.05) is 23.7 Å². The lowest BCUT2D eigenvalue weighted by Gasteiger charge is -2.29. The number of benzene rings is 2. The number of anilines is 1. The first-order valence-electron chi connectivity index (χ1n) is 10.4. The monoisotopic (exact) mass is 476 g/mol. The Labute approximate surface area is 202 Å². The molecular formula is C25H21ClN4O2S. The molecule has 1 saturated heterocycles. The summed E-state index contributed by atoms with van der Waals surface area (Å²) in [5.41, 5.74) is 3.28. The Balaban J connectivity index is 1.69. The van der Waals surface area contributed by atoms with Crippen LogP contribution < -0.4 is 15.0 Å². The zero-order chi connectivity index (χ0) is 22.9. The Bertz CT molecular complexity index is 1310. The van der Waals surface area contributed by atoms with Crippen LogP contribution in [0.3, 0.4) is 0 Å². The van der Waals surface area contributed by atoms with E-state index in [9.17, 15) is 5.11 Å². The van der Waals surface area contributed by atoms with Gasteiger partial charge in [0.1, 0.15) is 17.5 Å². The van der Waals surface area contributed by atoms with Gasteiger partial charge in [0, 0.05) is 34.9 Å². The quantitative estimate of drug-likeness (QED) is 0.375. The van der Waals surface area contributed by atoms with E-state index in [2.05, 4.69) is 14.9 Å². The largest absolute Gasteiger partial charge is 0.506 e. The number of nitrogens with one attached hydrogen (secondary N) is 1. The molecule has 1 aliphatic rings. The van der Waals surface area contributed by atoms with E-state index >= 15 is 0 Å². The number of thiocarbonyl (C=S) groups is 1. The average molecular weight is 477 g/mol. The molecule has 6 nitrogen and oxygen atoms in total. The van der Waals surface area contributed by atoms with E-state index in [-0.39, 0.29) is 17.8 Å². The third-order valence-electron chi connectivity index (χ3n) is 5.71. The van der Waals surface area contributed by atoms with E-state index < -0.39 is 0 Å². The van der Waals surface area contributed by atoms with Crippen LogP contribution in [0.1, 0.15) is 23.5 Å². The smallest absolute Gasteiger partial charge is 0.174 e. The van der Waals surface area contributed by atoms with Gasteiger partial charge in [-0.25, -0.2) is 0 Å². The highest BCUT2D eigenvalue weighted by molar-refractivity contribution is 7.80. The second kappa shape index (κ2) is 8.77. The Kier molecular flexibility index (Phi) is 5.66. The molecule has 2 atom stereocenters. The van der Waals surface area contributed by atoms with E-state index in [1.807, 2.05) is 65.7 Å². The van der Waals surface area contributed by atoms with Gasteiger partial charge >= 0.3 is 0 Å². The lowest BCUT2D eigenvalue weighted by molar-refractivity contribution is 0.414. The zero-order valence-electron chi connectivity index (χ0n) is 17.7. The van der Waals surface area contributed by atoms with Gasteiger partial charge in [-0.05, 0) is 66.8 Å². The van der Waals surface area contributed by atoms with Crippen LogP contribution in [0.15, 0.2) is 85.2 Å². The van der Waals surface area contributed by atoms with E-state index in [4.69, 9.17) is 28.6 Å². The first kappa shape index (κ1) is 21.3. The van der Waals surface area contributed by atoms with E-state index in [0.29, 0.717) is 15.8 Å². The van der Waals surface area contributed by atoms with Gasteiger partial charge in [-0.15, -0.1) is 0 Å². The normalized spacial score (nSPS) is 17.8. The lowest BCUT2D eigenvalue weighted by Crippen LogP contribution is -2.30. The van der Waals surface area contributed by atoms with E-state index in [1.165, 1.54) is 0 Å². The van der Waals surface area contributed by atoms with Crippen molar-refractivity contribution in [3.8, 4) is 17.2 Å². The number of methoxy groups -OCH3 is 1. The van der Waals surface area contributed by atoms with Crippen LogP contribution in [0, 0.1) is 0 Å². The van der Waals surface area contributed by atoms with Crippen molar-refractivity contribution in [2.45, 2.75) is 12.1 Å². The molecule has 33 heavy (non-hydrogen) atoms. The molecule has 0 spiro atoms. The van der Waals surface area contributed by atoms with Crippen molar-refractivity contribution in [3.05, 3.63) is 102 Å². The molecule has 2 N–H and O–H groups in total. The lowest BCUT2D eigenvalue weighted by atomic mass is 10.0. The summed E-state index contributed by atoms with van der Waals surface area (Å²) in [4.78, 5) is 6.49. The number of aromatic nitrogens is 2. The standard InChI is InChI=1S/C25H21ClN4O2S/c1-32-18-7-4-6-17(15-18)29-13-5-9-20(29)24-23(19-8-2-3-12-27-19)28-25(33)30(24)21-14-16(26)10-11-22(21)31/h2-15,23-24,31H,1H3,(H,28,33)/t23-,24-/m0/s1. The van der Waals surface area contributed by atoms with Crippen molar-refractivity contribution in [2.24, 2.45) is 0 Å². The van der Waals surface area contributed by atoms with Crippen LogP contribution in [-0.4, -0.2) is 26.9 Å². The Morgan fingerprint density at radius 1 is 1.06 bits per heavy atom. The Morgan fingerprint density at radius 3 is 2.73 bits per heavy atom. The molecule has 2 aromatic carbocycles. The van der Waals surface area contributed by atoms with E-state index in [0.717, 1.165) is 22.8 Å². The molecule has 1 fully saturated rings. The number of phenols is 1. The van der Waals surface area contributed by atoms with Crippen molar-refractivity contribution in [3.63, 3.8) is 0 Å². The predicted molar refractivity (Wildman–Crippen MR) is 133 cm³/mol. The molecule has 5 rings (SSSR count). The highest BCUT2D eigenvalue weighted by Crippen LogP contribution is 2.45. The summed E-state index contributed by atoms with van der Waals surface area (Å²) in [6.45, 7) is 0. The van der Waals surface area contributed by atoms with Gasteiger partial charge in [0.05, 0.1) is 24.5 Å². The van der Waals surface area contributed by atoms with Crippen LogP contribution in [0.5, 0.6) is 11.5 Å². The average Bonchev–Trinajstić information content (AvgIpc) is 3.45. The summed E-state index contributed by atoms with van der Waals surface area (Å²) in [6, 6.07) is 22.1. The third-order valence-corrected chi connectivity index (χ3v) is 6.26. The van der Waals surface area contributed by atoms with Crippen molar-refractivity contribution < 1.29 is 9.84 Å². The maximum atomic E-state index is 10.7. The fraction of sp³-hybridized carbons (Fsp3) is 0.120. The first-order valence-corrected chi connectivity index (χ1v) is 11.2. The van der Waals surface area contributed by atoms with Crippen LogP contribution in [0.2, 0.25) is 5.02 Å². The minimum atomic E-state index is -0.307. The maximum Gasteiger partial charge on any atom is 0.174 e. The molecule has 166 valence electrons. The molecule has 8 heteroatoms. The number of nitrogens with zero attached hydrogens (tertiary/aromatic N) is 3. The topological polar surface area (TPSA) is 62.5 Å². The number of halogens is 1. The second-order valence-corrected chi connectivity index (χ2v) is 8.46. The Morgan fingerprint density at radius 2 is 1.94 bits per heavy atom. The minimum Gasteiger partial charge on any atom is -0.506 e. The molecular weight excluding hydrogens is 456 g/mol. The summed E-state index contributed by atoms with van der Waals surface area (Å²) in [5.74, 6) is 0.854. The number of ether oxygens (including phenoxy) is 1. The van der Waals surface area contributed by atoms with Crippen molar-refractivity contribution in [2.75, 3.05) is 12.0 Å². The first-order chi connectivity index (χ1) is 16.1. The van der Waals surface area contributed by atoms with Gasteiger partial charge in [0.2, 0.25) is 0 Å². The number of hydrogen-bond acceptors (Lipinski definition) is 4. The van der Waals surface area contributed by atoms with Crippen molar-refractivity contribution >= 4 is 34.6 Å². The molecule has 3 heterocycles. The molecule has 0 amide bonds. The molecule has 0 aliphatic carbocycles. The van der Waals surface area contributed by atoms with Crippen LogP contribution in [0.25, 0.3) is 5.69 Å². The molecule has 0 radical (unpaired) electrons. The highest BCUT2D eigenvalue weighted by atomic mass is 35.5. The van der Waals surface area contributed by atoms with Crippen molar-refractivity contribution in [1.82, 2.24) is 14.9 Å².